The first kappa shape index (κ1) is 20.7. The van der Waals surface area contributed by atoms with Gasteiger partial charge in [0, 0.05) is 43.7 Å². The normalized spacial score (nSPS) is 16.4. The van der Waals surface area contributed by atoms with Crippen molar-refractivity contribution in [2.45, 2.75) is 17.9 Å². The Morgan fingerprint density at radius 2 is 2.14 bits per heavy atom. The predicted molar refractivity (Wildman–Crippen MR) is 110 cm³/mol. The minimum atomic E-state index is -3.65. The maximum absolute atomic E-state index is 13.1. The lowest BCUT2D eigenvalue weighted by atomic mass is 10.2. The molecular formula is C19H24N4O3S2. The molecule has 1 aliphatic heterocycles. The van der Waals surface area contributed by atoms with Gasteiger partial charge in [-0.15, -0.1) is 17.9 Å². The van der Waals surface area contributed by atoms with Crippen LogP contribution in [0.5, 0.6) is 0 Å². The Morgan fingerprint density at radius 1 is 1.29 bits per heavy atom. The van der Waals surface area contributed by atoms with Gasteiger partial charge in [0.1, 0.15) is 0 Å². The molecule has 0 bridgehead atoms. The summed E-state index contributed by atoms with van der Waals surface area (Å²) in [5, 5.41) is 4.68. The summed E-state index contributed by atoms with van der Waals surface area (Å²) in [7, 11) is -3.65. The molecule has 0 radical (unpaired) electrons. The summed E-state index contributed by atoms with van der Waals surface area (Å²) < 4.78 is 27.7. The zero-order valence-corrected chi connectivity index (χ0v) is 17.2. The van der Waals surface area contributed by atoms with Crippen LogP contribution >= 0.6 is 11.3 Å². The van der Waals surface area contributed by atoms with Crippen LogP contribution in [-0.4, -0.2) is 61.2 Å². The van der Waals surface area contributed by atoms with Gasteiger partial charge in [-0.3, -0.25) is 9.69 Å². The molecule has 0 unspecified atom stereocenters. The standard InChI is InChI=1S/C19H24N4O3S2/c1-2-7-20-19(24)16-5-3-6-18(12-16)28(25,26)23-9-4-8-22(10-11-23)13-17-14-27-15-21-17/h2-3,5-6,12,14-15H,1,4,7-11,13H2,(H,20,24). The summed E-state index contributed by atoms with van der Waals surface area (Å²) in [6, 6.07) is 6.18. The van der Waals surface area contributed by atoms with Crippen LogP contribution in [0.1, 0.15) is 22.5 Å². The molecule has 0 atom stereocenters. The molecule has 1 amide bonds. The van der Waals surface area contributed by atoms with Gasteiger partial charge in [0.05, 0.1) is 16.1 Å². The number of nitrogens with one attached hydrogen (secondary N) is 1. The molecule has 3 rings (SSSR count). The number of benzene rings is 1. The molecule has 1 aromatic heterocycles. The van der Waals surface area contributed by atoms with Crippen LogP contribution < -0.4 is 5.32 Å². The molecule has 0 aliphatic carbocycles. The summed E-state index contributed by atoms with van der Waals surface area (Å²) in [4.78, 5) is 18.8. The van der Waals surface area contributed by atoms with Crippen LogP contribution in [-0.2, 0) is 16.6 Å². The van der Waals surface area contributed by atoms with Crippen molar-refractivity contribution in [3.05, 3.63) is 59.1 Å². The highest BCUT2D eigenvalue weighted by molar-refractivity contribution is 7.89. The average molecular weight is 421 g/mol. The second-order valence-electron chi connectivity index (χ2n) is 6.54. The zero-order chi connectivity index (χ0) is 20.0. The number of hydrogen-bond acceptors (Lipinski definition) is 6. The van der Waals surface area contributed by atoms with Gasteiger partial charge in [-0.1, -0.05) is 12.1 Å². The first-order valence-electron chi connectivity index (χ1n) is 9.09. The Bertz CT molecular complexity index is 913. The lowest BCUT2D eigenvalue weighted by Crippen LogP contribution is -2.35. The van der Waals surface area contributed by atoms with Crippen LogP contribution in [0.25, 0.3) is 0 Å². The number of hydrogen-bond donors (Lipinski definition) is 1. The average Bonchev–Trinajstić information content (AvgIpc) is 3.09. The third kappa shape index (κ3) is 5.05. The van der Waals surface area contributed by atoms with E-state index in [4.69, 9.17) is 0 Å². The van der Waals surface area contributed by atoms with Crippen LogP contribution in [0, 0.1) is 0 Å². The van der Waals surface area contributed by atoms with Crippen molar-refractivity contribution in [2.75, 3.05) is 32.7 Å². The van der Waals surface area contributed by atoms with Crippen molar-refractivity contribution in [3.8, 4) is 0 Å². The number of aromatic nitrogens is 1. The Kier molecular flexibility index (Phi) is 6.95. The van der Waals surface area contributed by atoms with E-state index in [2.05, 4.69) is 21.8 Å². The van der Waals surface area contributed by atoms with Crippen molar-refractivity contribution in [1.82, 2.24) is 19.5 Å². The second kappa shape index (κ2) is 9.42. The summed E-state index contributed by atoms with van der Waals surface area (Å²) in [5.41, 5.74) is 3.14. The fourth-order valence-corrected chi connectivity index (χ4v) is 5.17. The van der Waals surface area contributed by atoms with Crippen molar-refractivity contribution < 1.29 is 13.2 Å². The van der Waals surface area contributed by atoms with Crippen molar-refractivity contribution in [3.63, 3.8) is 0 Å². The van der Waals surface area contributed by atoms with Crippen LogP contribution in [0.4, 0.5) is 0 Å². The maximum Gasteiger partial charge on any atom is 0.251 e. The van der Waals surface area contributed by atoms with E-state index in [-0.39, 0.29) is 10.8 Å². The summed E-state index contributed by atoms with van der Waals surface area (Å²) >= 11 is 1.56. The Balaban J connectivity index is 1.70. The summed E-state index contributed by atoms with van der Waals surface area (Å²) in [5.74, 6) is -0.317. The van der Waals surface area contributed by atoms with Crippen molar-refractivity contribution in [2.24, 2.45) is 0 Å². The molecule has 0 saturated carbocycles. The first-order chi connectivity index (χ1) is 13.5. The van der Waals surface area contributed by atoms with Crippen LogP contribution in [0.2, 0.25) is 0 Å². The van der Waals surface area contributed by atoms with E-state index >= 15 is 0 Å². The lowest BCUT2D eigenvalue weighted by Gasteiger charge is -2.21. The molecule has 150 valence electrons. The molecule has 1 saturated heterocycles. The first-order valence-corrected chi connectivity index (χ1v) is 11.5. The van der Waals surface area contributed by atoms with E-state index in [9.17, 15) is 13.2 Å². The van der Waals surface area contributed by atoms with Gasteiger partial charge >= 0.3 is 0 Å². The minimum Gasteiger partial charge on any atom is -0.349 e. The maximum atomic E-state index is 13.1. The van der Waals surface area contributed by atoms with E-state index < -0.39 is 10.0 Å². The van der Waals surface area contributed by atoms with Gasteiger partial charge in [0.25, 0.3) is 5.91 Å². The number of carbonyl (C=O) groups excluding carboxylic acids is 1. The quantitative estimate of drug-likeness (QED) is 0.693. The van der Waals surface area contributed by atoms with Crippen LogP contribution in [0.3, 0.4) is 0 Å². The molecule has 2 aromatic rings. The smallest absolute Gasteiger partial charge is 0.251 e. The number of thiazole rings is 1. The van der Waals surface area contributed by atoms with E-state index in [1.807, 2.05) is 10.9 Å². The second-order valence-corrected chi connectivity index (χ2v) is 9.20. The number of amides is 1. The molecule has 2 heterocycles. The topological polar surface area (TPSA) is 82.6 Å². The predicted octanol–water partition coefficient (Wildman–Crippen LogP) is 1.96. The molecular weight excluding hydrogens is 396 g/mol. The van der Waals surface area contributed by atoms with E-state index in [1.54, 1.807) is 29.5 Å². The molecule has 9 heteroatoms. The highest BCUT2D eigenvalue weighted by atomic mass is 32.2. The van der Waals surface area contributed by atoms with Gasteiger partial charge in [0.2, 0.25) is 10.0 Å². The Hall–Kier alpha value is -2.07. The molecule has 0 spiro atoms. The Morgan fingerprint density at radius 3 is 2.89 bits per heavy atom. The van der Waals surface area contributed by atoms with Crippen LogP contribution in [0.15, 0.2) is 52.7 Å². The molecule has 1 N–H and O–H groups in total. The highest BCUT2D eigenvalue weighted by Crippen LogP contribution is 2.20. The fourth-order valence-electron chi connectivity index (χ4n) is 3.10. The van der Waals surface area contributed by atoms with Gasteiger partial charge in [-0.25, -0.2) is 13.4 Å². The third-order valence-electron chi connectivity index (χ3n) is 4.56. The molecule has 7 nitrogen and oxygen atoms in total. The van der Waals surface area contributed by atoms with Crippen molar-refractivity contribution in [1.29, 1.82) is 0 Å². The van der Waals surface area contributed by atoms with E-state index in [0.717, 1.165) is 25.2 Å². The minimum absolute atomic E-state index is 0.145. The van der Waals surface area contributed by atoms with Gasteiger partial charge in [0.15, 0.2) is 0 Å². The Labute approximate surface area is 169 Å². The third-order valence-corrected chi connectivity index (χ3v) is 7.09. The van der Waals surface area contributed by atoms with E-state index in [0.29, 0.717) is 31.7 Å². The zero-order valence-electron chi connectivity index (χ0n) is 15.6. The number of carbonyl (C=O) groups is 1. The van der Waals surface area contributed by atoms with Gasteiger partial charge < -0.3 is 5.32 Å². The summed E-state index contributed by atoms with van der Waals surface area (Å²) in [6.45, 7) is 6.97. The highest BCUT2D eigenvalue weighted by Gasteiger charge is 2.27. The summed E-state index contributed by atoms with van der Waals surface area (Å²) in [6.07, 6.45) is 2.33. The number of nitrogens with zero attached hydrogens (tertiary/aromatic N) is 3. The lowest BCUT2D eigenvalue weighted by molar-refractivity contribution is 0.0958. The van der Waals surface area contributed by atoms with E-state index in [1.165, 1.54) is 16.4 Å². The molecule has 1 aromatic carbocycles. The monoisotopic (exact) mass is 420 g/mol. The molecule has 1 fully saturated rings. The fraction of sp³-hybridized carbons (Fsp3) is 0.368. The SMILES string of the molecule is C=CCNC(=O)c1cccc(S(=O)(=O)N2CCCN(Cc3cscn3)CC2)c1. The van der Waals surface area contributed by atoms with Gasteiger partial charge in [-0.2, -0.15) is 4.31 Å². The number of sulfonamides is 1. The van der Waals surface area contributed by atoms with Gasteiger partial charge in [-0.05, 0) is 31.2 Å². The number of rotatable bonds is 7. The molecule has 1 aliphatic rings. The molecule has 28 heavy (non-hydrogen) atoms. The van der Waals surface area contributed by atoms with Crippen molar-refractivity contribution >= 4 is 27.3 Å². The largest absolute Gasteiger partial charge is 0.349 e.